The monoisotopic (exact) mass is 408 g/mol. The van der Waals surface area contributed by atoms with Crippen LogP contribution in [0.4, 0.5) is 5.95 Å². The first-order chi connectivity index (χ1) is 14.6. The zero-order chi connectivity index (χ0) is 20.9. The molecule has 0 aliphatic heterocycles. The Morgan fingerprint density at radius 3 is 2.77 bits per heavy atom. The van der Waals surface area contributed by atoms with Crippen molar-refractivity contribution in [3.8, 4) is 11.1 Å². The number of ether oxygens (including phenoxy) is 1. The lowest BCUT2D eigenvalue weighted by atomic mass is 9.85. The minimum Gasteiger partial charge on any atom is -0.383 e. The van der Waals surface area contributed by atoms with Crippen LogP contribution in [0, 0.1) is 5.92 Å². The van der Waals surface area contributed by atoms with Gasteiger partial charge < -0.3 is 10.1 Å². The average molecular weight is 409 g/mol. The van der Waals surface area contributed by atoms with Crippen molar-refractivity contribution in [2.24, 2.45) is 13.0 Å². The quantitative estimate of drug-likeness (QED) is 0.584. The molecule has 1 aromatic carbocycles. The first-order valence-corrected chi connectivity index (χ1v) is 10.4. The van der Waals surface area contributed by atoms with E-state index in [0.29, 0.717) is 18.6 Å². The Kier molecular flexibility index (Phi) is 6.35. The van der Waals surface area contributed by atoms with Crippen LogP contribution in [0.2, 0.25) is 0 Å². The van der Waals surface area contributed by atoms with Crippen LogP contribution in [0.25, 0.3) is 22.0 Å². The highest BCUT2D eigenvalue weighted by Gasteiger charge is 2.26. The lowest BCUT2D eigenvalue weighted by Crippen LogP contribution is -2.37. The van der Waals surface area contributed by atoms with Crippen LogP contribution in [0.1, 0.15) is 25.7 Å². The van der Waals surface area contributed by atoms with E-state index >= 15 is 0 Å². The lowest BCUT2D eigenvalue weighted by Gasteiger charge is -2.28. The van der Waals surface area contributed by atoms with Crippen LogP contribution in [-0.2, 0) is 16.6 Å². The van der Waals surface area contributed by atoms with Crippen LogP contribution in [-0.4, -0.2) is 52.0 Å². The zero-order valence-electron chi connectivity index (χ0n) is 17.5. The first-order valence-electron chi connectivity index (χ1n) is 10.4. The summed E-state index contributed by atoms with van der Waals surface area (Å²) in [6.45, 7) is 1.56. The Labute approximate surface area is 176 Å². The van der Waals surface area contributed by atoms with Crippen molar-refractivity contribution in [2.75, 3.05) is 25.6 Å². The summed E-state index contributed by atoms with van der Waals surface area (Å²) >= 11 is 0. The molecule has 0 atom stereocenters. The van der Waals surface area contributed by atoms with Crippen molar-refractivity contribution in [1.82, 2.24) is 25.1 Å². The van der Waals surface area contributed by atoms with E-state index in [4.69, 9.17) is 4.74 Å². The van der Waals surface area contributed by atoms with Gasteiger partial charge in [0.15, 0.2) is 0 Å². The van der Waals surface area contributed by atoms with Gasteiger partial charge in [-0.1, -0.05) is 12.1 Å². The molecule has 0 saturated heterocycles. The van der Waals surface area contributed by atoms with E-state index in [1.54, 1.807) is 18.0 Å². The maximum absolute atomic E-state index is 12.7. The second kappa shape index (κ2) is 9.32. The number of nitrogens with zero attached hydrogens (tertiary/aromatic N) is 4. The third kappa shape index (κ3) is 4.83. The molecule has 1 aliphatic carbocycles. The summed E-state index contributed by atoms with van der Waals surface area (Å²) < 4.78 is 6.85. The van der Waals surface area contributed by atoms with Crippen molar-refractivity contribution in [1.29, 1.82) is 0 Å². The predicted octanol–water partition coefficient (Wildman–Crippen LogP) is 2.76. The van der Waals surface area contributed by atoms with Crippen molar-refractivity contribution in [3.63, 3.8) is 0 Å². The Morgan fingerprint density at radius 2 is 2.03 bits per heavy atom. The molecule has 1 saturated carbocycles. The Morgan fingerprint density at radius 1 is 1.20 bits per heavy atom. The zero-order valence-corrected chi connectivity index (χ0v) is 17.5. The Bertz CT molecular complexity index is 1010. The molecule has 0 radical (unpaired) electrons. The number of nitrogens with one attached hydrogen (secondary N) is 2. The third-order valence-electron chi connectivity index (χ3n) is 5.69. The van der Waals surface area contributed by atoms with Crippen molar-refractivity contribution >= 4 is 22.8 Å². The SMILES string of the molecule is COCCNC1CCC(C(=O)Nc2ncc3ccc(-c4cnn(C)c4)cc3n2)CC1. The highest BCUT2D eigenvalue weighted by Crippen LogP contribution is 2.26. The summed E-state index contributed by atoms with van der Waals surface area (Å²) in [7, 11) is 3.60. The maximum Gasteiger partial charge on any atom is 0.229 e. The third-order valence-corrected chi connectivity index (χ3v) is 5.69. The average Bonchev–Trinajstić information content (AvgIpc) is 3.20. The van der Waals surface area contributed by atoms with Crippen molar-refractivity contribution in [2.45, 2.75) is 31.7 Å². The Hall–Kier alpha value is -2.84. The molecule has 30 heavy (non-hydrogen) atoms. The van der Waals surface area contributed by atoms with E-state index in [9.17, 15) is 4.79 Å². The molecule has 2 aromatic heterocycles. The highest BCUT2D eigenvalue weighted by molar-refractivity contribution is 5.92. The van der Waals surface area contributed by atoms with Gasteiger partial charge in [-0.3, -0.25) is 14.8 Å². The fraction of sp³-hybridized carbons (Fsp3) is 0.455. The molecule has 8 nitrogen and oxygen atoms in total. The van der Waals surface area contributed by atoms with Crippen LogP contribution in [0.5, 0.6) is 0 Å². The van der Waals surface area contributed by atoms with Gasteiger partial charge in [0.1, 0.15) is 0 Å². The molecule has 1 fully saturated rings. The number of hydrogen-bond acceptors (Lipinski definition) is 6. The number of aromatic nitrogens is 4. The molecule has 1 amide bonds. The standard InChI is InChI=1S/C22H28N6O2/c1-28-14-18(13-25-28)16-3-4-17-12-24-22(26-20(17)11-16)27-21(29)15-5-7-19(8-6-15)23-9-10-30-2/h3-4,11-15,19,23H,5-10H2,1-2H3,(H,24,26,27,29). The topological polar surface area (TPSA) is 94.0 Å². The Balaban J connectivity index is 1.39. The molecule has 1 aliphatic rings. The lowest BCUT2D eigenvalue weighted by molar-refractivity contribution is -0.120. The molecule has 4 rings (SSSR count). The fourth-order valence-corrected chi connectivity index (χ4v) is 3.97. The number of rotatable bonds is 7. The first kappa shape index (κ1) is 20.4. The second-order valence-corrected chi connectivity index (χ2v) is 7.85. The molecule has 0 unspecified atom stereocenters. The van der Waals surface area contributed by atoms with Crippen LogP contribution >= 0.6 is 0 Å². The van der Waals surface area contributed by atoms with Gasteiger partial charge in [-0.05, 0) is 37.3 Å². The molecule has 0 bridgehead atoms. The van der Waals surface area contributed by atoms with Gasteiger partial charge in [0.25, 0.3) is 0 Å². The van der Waals surface area contributed by atoms with E-state index in [0.717, 1.165) is 54.3 Å². The fourth-order valence-electron chi connectivity index (χ4n) is 3.97. The number of fused-ring (bicyclic) bond motifs is 1. The number of aryl methyl sites for hydroxylation is 1. The number of benzene rings is 1. The summed E-state index contributed by atoms with van der Waals surface area (Å²) in [6, 6.07) is 6.48. The van der Waals surface area contributed by atoms with E-state index in [2.05, 4.69) is 25.7 Å². The van der Waals surface area contributed by atoms with E-state index in [-0.39, 0.29) is 11.8 Å². The summed E-state index contributed by atoms with van der Waals surface area (Å²) in [5.74, 6) is 0.371. The number of carbonyl (C=O) groups is 1. The number of methoxy groups -OCH3 is 1. The van der Waals surface area contributed by atoms with Gasteiger partial charge in [0, 0.05) is 56.0 Å². The molecule has 0 spiro atoms. The summed E-state index contributed by atoms with van der Waals surface area (Å²) in [4.78, 5) is 21.6. The molecular weight excluding hydrogens is 380 g/mol. The van der Waals surface area contributed by atoms with Gasteiger partial charge in [0.2, 0.25) is 11.9 Å². The van der Waals surface area contributed by atoms with Crippen molar-refractivity contribution in [3.05, 3.63) is 36.8 Å². The van der Waals surface area contributed by atoms with Crippen LogP contribution in [0.3, 0.4) is 0 Å². The van der Waals surface area contributed by atoms with Gasteiger partial charge in [-0.15, -0.1) is 0 Å². The minimum absolute atomic E-state index is 0.00602. The number of anilines is 1. The van der Waals surface area contributed by atoms with Gasteiger partial charge in [0.05, 0.1) is 18.3 Å². The smallest absolute Gasteiger partial charge is 0.229 e. The molecular formula is C22H28N6O2. The normalized spacial score (nSPS) is 19.1. The molecule has 2 heterocycles. The van der Waals surface area contributed by atoms with E-state index in [1.807, 2.05) is 37.6 Å². The van der Waals surface area contributed by atoms with Crippen LogP contribution in [0.15, 0.2) is 36.8 Å². The van der Waals surface area contributed by atoms with Crippen molar-refractivity contribution < 1.29 is 9.53 Å². The molecule has 2 N–H and O–H groups in total. The van der Waals surface area contributed by atoms with E-state index < -0.39 is 0 Å². The van der Waals surface area contributed by atoms with Crippen LogP contribution < -0.4 is 10.6 Å². The number of amides is 1. The van der Waals surface area contributed by atoms with Gasteiger partial charge in [-0.25, -0.2) is 9.97 Å². The molecule has 158 valence electrons. The van der Waals surface area contributed by atoms with Gasteiger partial charge >= 0.3 is 0 Å². The largest absolute Gasteiger partial charge is 0.383 e. The minimum atomic E-state index is 0.00602. The molecule has 3 aromatic rings. The van der Waals surface area contributed by atoms with Gasteiger partial charge in [-0.2, -0.15) is 5.10 Å². The predicted molar refractivity (Wildman–Crippen MR) is 116 cm³/mol. The number of carbonyl (C=O) groups excluding carboxylic acids is 1. The molecule has 8 heteroatoms. The summed E-state index contributed by atoms with van der Waals surface area (Å²) in [5.41, 5.74) is 2.86. The van der Waals surface area contributed by atoms with E-state index in [1.165, 1.54) is 0 Å². The second-order valence-electron chi connectivity index (χ2n) is 7.85. The number of hydrogen-bond donors (Lipinski definition) is 2. The highest BCUT2D eigenvalue weighted by atomic mass is 16.5. The maximum atomic E-state index is 12.7. The summed E-state index contributed by atoms with van der Waals surface area (Å²) in [6.07, 6.45) is 9.27. The summed E-state index contributed by atoms with van der Waals surface area (Å²) in [5, 5.41) is 11.6.